The van der Waals surface area contributed by atoms with Crippen molar-refractivity contribution in [1.82, 2.24) is 0 Å². The number of azo groups is 3. The molecule has 0 heterocycles. The molecule has 7 N–H and O–H groups in total. The van der Waals surface area contributed by atoms with Crippen molar-refractivity contribution in [3.05, 3.63) is 97.1 Å². The van der Waals surface area contributed by atoms with E-state index in [0.717, 1.165) is 18.2 Å². The molecule has 0 aromatic heterocycles. The number of rotatable bonds is 9. The summed E-state index contributed by atoms with van der Waals surface area (Å²) < 4.78 is 109. The van der Waals surface area contributed by atoms with Crippen molar-refractivity contribution in [2.45, 2.75) is 14.7 Å². The first kappa shape index (κ1) is 52.4. The van der Waals surface area contributed by atoms with Crippen LogP contribution in [-0.4, -0.2) is 54.2 Å². The fourth-order valence-electron chi connectivity index (χ4n) is 5.88. The second kappa shape index (κ2) is 20.5. The molecule has 0 spiro atoms. The number of anilines is 2. The van der Waals surface area contributed by atoms with Crippen LogP contribution in [0.4, 0.5) is 45.5 Å². The fourth-order valence-corrected chi connectivity index (χ4v) is 7.82. The van der Waals surface area contributed by atoms with Crippen LogP contribution in [0, 0.1) is 0 Å². The number of aromatic hydroxyl groups is 3. The van der Waals surface area contributed by atoms with Gasteiger partial charge in [-0.3, -0.25) is 0 Å². The van der Waals surface area contributed by atoms with E-state index in [0.29, 0.717) is 0 Å². The van der Waals surface area contributed by atoms with Gasteiger partial charge in [0.25, 0.3) is 0 Å². The van der Waals surface area contributed by atoms with Crippen molar-refractivity contribution in [3.8, 4) is 17.2 Å². The van der Waals surface area contributed by atoms with E-state index < -0.39 is 79.4 Å². The molecule has 62 heavy (non-hydrogen) atoms. The van der Waals surface area contributed by atoms with Gasteiger partial charge in [-0.1, -0.05) is 18.2 Å². The average Bonchev–Trinajstić information content (AvgIpc) is 3.16. The van der Waals surface area contributed by atoms with Gasteiger partial charge in [-0.15, -0.1) is 15.3 Å². The minimum atomic E-state index is -5.28. The third kappa shape index (κ3) is 11.4. The Bertz CT molecular complexity index is 3380. The van der Waals surface area contributed by atoms with Crippen LogP contribution in [0.2, 0.25) is 0 Å². The number of benzene rings is 7. The van der Waals surface area contributed by atoms with Gasteiger partial charge in [0.2, 0.25) is 0 Å². The third-order valence-corrected chi connectivity index (χ3v) is 11.2. The van der Waals surface area contributed by atoms with E-state index in [1.54, 1.807) is 0 Å². The van der Waals surface area contributed by atoms with E-state index in [1.165, 1.54) is 78.9 Å². The summed E-state index contributed by atoms with van der Waals surface area (Å²) in [5.74, 6) is -2.21. The van der Waals surface area contributed by atoms with Crippen LogP contribution in [0.25, 0.3) is 32.3 Å². The predicted octanol–water partition coefficient (Wildman–Crippen LogP) is -1.60. The van der Waals surface area contributed by atoms with Gasteiger partial charge >= 0.3 is 154 Å². The minimum Gasteiger partial charge on any atom is -0.744 e. The monoisotopic (exact) mass is 972 g/mol. The molecular formula is C36H23K3N8O12S3. The van der Waals surface area contributed by atoms with Crippen molar-refractivity contribution < 1.29 is 208 Å². The third-order valence-electron chi connectivity index (χ3n) is 8.64. The van der Waals surface area contributed by atoms with Gasteiger partial charge in [-0.05, 0) is 95.0 Å². The zero-order chi connectivity index (χ0) is 42.6. The van der Waals surface area contributed by atoms with Gasteiger partial charge in [0.05, 0.1) is 31.7 Å². The molecule has 7 aromatic rings. The molecule has 20 nitrogen and oxygen atoms in total. The molecule has 0 atom stereocenters. The number of nitrogen functional groups attached to an aromatic ring is 2. The molecule has 0 aliphatic heterocycles. The summed E-state index contributed by atoms with van der Waals surface area (Å²) >= 11 is 0. The molecule has 7 rings (SSSR count). The van der Waals surface area contributed by atoms with Crippen LogP contribution in [0.3, 0.4) is 0 Å². The van der Waals surface area contributed by atoms with Gasteiger partial charge in [0.1, 0.15) is 47.4 Å². The number of nitrogens with zero attached hydrogens (tertiary/aromatic N) is 6. The molecule has 0 aliphatic rings. The number of hydrogen-bond acceptors (Lipinski definition) is 20. The number of fused-ring (bicyclic) bond motifs is 3. The van der Waals surface area contributed by atoms with Gasteiger partial charge in [-0.2, -0.15) is 15.3 Å². The van der Waals surface area contributed by atoms with Crippen molar-refractivity contribution in [2.75, 3.05) is 11.5 Å². The fraction of sp³-hybridized carbons (Fsp3) is 0. The van der Waals surface area contributed by atoms with Crippen LogP contribution in [0.15, 0.2) is 142 Å². The van der Waals surface area contributed by atoms with E-state index in [9.17, 15) is 54.2 Å². The zero-order valence-electron chi connectivity index (χ0n) is 32.3. The van der Waals surface area contributed by atoms with Crippen LogP contribution >= 0.6 is 0 Å². The average molecular weight is 973 g/mol. The summed E-state index contributed by atoms with van der Waals surface area (Å²) in [5.41, 5.74) is 9.91. The molecule has 300 valence electrons. The largest absolute Gasteiger partial charge is 1.00 e. The van der Waals surface area contributed by atoms with Crippen LogP contribution in [0.1, 0.15) is 0 Å². The first-order valence-corrected chi connectivity index (χ1v) is 20.5. The van der Waals surface area contributed by atoms with Crippen LogP contribution in [-0.2, 0) is 30.4 Å². The molecule has 0 unspecified atom stereocenters. The molecule has 26 heteroatoms. The van der Waals surface area contributed by atoms with E-state index in [1.807, 2.05) is 0 Å². The normalized spacial score (nSPS) is 12.2. The Hall–Kier alpha value is -2.24. The molecule has 0 amide bonds. The molecular weight excluding hydrogens is 950 g/mol. The number of phenolic OH excluding ortho intramolecular Hbond substituents is 3. The first-order valence-electron chi connectivity index (χ1n) is 16.3. The summed E-state index contributed by atoms with van der Waals surface area (Å²) in [4.78, 5) is -2.67. The molecule has 0 bridgehead atoms. The Kier molecular flexibility index (Phi) is 17.3. The van der Waals surface area contributed by atoms with Crippen molar-refractivity contribution >= 4 is 108 Å². The molecule has 0 saturated heterocycles. The van der Waals surface area contributed by atoms with E-state index in [4.69, 9.17) is 11.5 Å². The predicted molar refractivity (Wildman–Crippen MR) is 209 cm³/mol. The van der Waals surface area contributed by atoms with Crippen LogP contribution < -0.4 is 166 Å². The minimum absolute atomic E-state index is 0. The van der Waals surface area contributed by atoms with Gasteiger partial charge in [-0.25, -0.2) is 25.3 Å². The van der Waals surface area contributed by atoms with Gasteiger partial charge in [0.15, 0.2) is 17.2 Å². The summed E-state index contributed by atoms with van der Waals surface area (Å²) in [6, 6.07) is 20.1. The maximum atomic E-state index is 12.3. The molecule has 0 saturated carbocycles. The molecule has 0 fully saturated rings. The van der Waals surface area contributed by atoms with E-state index in [-0.39, 0.29) is 215 Å². The van der Waals surface area contributed by atoms with Crippen LogP contribution in [0.5, 0.6) is 17.2 Å². The quantitative estimate of drug-likeness (QED) is 0.0471. The van der Waals surface area contributed by atoms with Crippen molar-refractivity contribution in [1.29, 1.82) is 0 Å². The Balaban J connectivity index is 0.00000282. The first-order chi connectivity index (χ1) is 27.7. The topological polar surface area (TPSA) is 358 Å². The molecule has 0 aliphatic carbocycles. The second-order valence-electron chi connectivity index (χ2n) is 12.6. The summed E-state index contributed by atoms with van der Waals surface area (Å²) in [6.07, 6.45) is 0. The SMILES string of the molecule is Nc1ccc2cc(S(=O)(=O)[O-])c(N=Nc3ccc(N=Nc4c(S(=O)(=O)[O-])cc5ccc(N=Nc6c(S(=O)(=O)[O-])cc7ccc(N)cc7c6O)cc5c4O)cc3)c(O)c2c1.[K+].[K+].[K+]. The van der Waals surface area contributed by atoms with Gasteiger partial charge in [0, 0.05) is 27.5 Å². The van der Waals surface area contributed by atoms with E-state index >= 15 is 0 Å². The number of phenols is 3. The Morgan fingerprint density at radius 1 is 0.387 bits per heavy atom. The number of hydrogen-bond donors (Lipinski definition) is 5. The Labute approximate surface area is 479 Å². The second-order valence-corrected chi connectivity index (χ2v) is 16.6. The van der Waals surface area contributed by atoms with E-state index in [2.05, 4.69) is 30.7 Å². The number of nitrogens with two attached hydrogens (primary N) is 2. The maximum Gasteiger partial charge on any atom is 1.00 e. The smallest absolute Gasteiger partial charge is 0.744 e. The molecule has 7 aromatic carbocycles. The summed E-state index contributed by atoms with van der Waals surface area (Å²) in [7, 11) is -15.6. The summed E-state index contributed by atoms with van der Waals surface area (Å²) in [5, 5.41) is 56.4. The van der Waals surface area contributed by atoms with Crippen molar-refractivity contribution in [2.24, 2.45) is 30.7 Å². The van der Waals surface area contributed by atoms with Gasteiger partial charge < -0.3 is 40.4 Å². The summed E-state index contributed by atoms with van der Waals surface area (Å²) in [6.45, 7) is 0. The standard InChI is InChI=1S/C36H26N8O12S3.3K/c37-20-4-1-17-11-28(57(48,49)50)31(34(45)25(17)14-20)42-39-22-7-9-23(10-8-22)40-43-33-30(59(54,55)56)13-19-3-6-24(16-27(19)36(33)47)41-44-32-29(58(51,52)53)12-18-2-5-21(38)15-26(18)35(32)46;;;/h1-16,45-47H,37-38H2,(H,48,49,50)(H,51,52,53)(H,54,55,56);;;/q;3*+1/p-3. The Morgan fingerprint density at radius 2 is 0.661 bits per heavy atom. The zero-order valence-corrected chi connectivity index (χ0v) is 44.1. The maximum absolute atomic E-state index is 12.3. The Morgan fingerprint density at radius 3 is 0.984 bits per heavy atom. The molecule has 0 radical (unpaired) electrons. The van der Waals surface area contributed by atoms with Crippen molar-refractivity contribution in [3.63, 3.8) is 0 Å².